The van der Waals surface area contributed by atoms with Gasteiger partial charge in [0.05, 0.1) is 0 Å². The van der Waals surface area contributed by atoms with Crippen LogP contribution in [0.2, 0.25) is 6.55 Å². The van der Waals surface area contributed by atoms with E-state index in [1.54, 1.807) is 14.2 Å². The molecule has 2 aromatic carbocycles. The van der Waals surface area contributed by atoms with Crippen LogP contribution in [0.4, 0.5) is 11.4 Å². The number of nitrogens with zero attached hydrogens (tertiary/aromatic N) is 1. The fourth-order valence-corrected chi connectivity index (χ4v) is 3.81. The molecule has 0 aliphatic heterocycles. The SMILES string of the molecule is CO[Si](C)(OC)N(c1ccccc1)c1ccccc1. The number of rotatable bonds is 5. The van der Waals surface area contributed by atoms with Crippen molar-refractivity contribution in [1.29, 1.82) is 0 Å². The first-order valence-electron chi connectivity index (χ1n) is 6.22. The molecule has 0 aromatic heterocycles. The smallest absolute Gasteiger partial charge is 0.382 e. The zero-order valence-corrected chi connectivity index (χ0v) is 12.5. The average Bonchev–Trinajstić information content (AvgIpc) is 2.49. The molecule has 0 fully saturated rings. The predicted molar refractivity (Wildman–Crippen MR) is 80.7 cm³/mol. The summed E-state index contributed by atoms with van der Waals surface area (Å²) in [4.78, 5) is 0. The van der Waals surface area contributed by atoms with Gasteiger partial charge >= 0.3 is 8.72 Å². The first kappa shape index (κ1) is 13.8. The molecule has 0 heterocycles. The van der Waals surface area contributed by atoms with Gasteiger partial charge in [-0.3, -0.25) is 0 Å². The molecule has 0 saturated heterocycles. The van der Waals surface area contributed by atoms with Crippen LogP contribution in [0.1, 0.15) is 0 Å². The highest BCUT2D eigenvalue weighted by Crippen LogP contribution is 2.31. The Hall–Kier alpha value is -1.62. The first-order valence-corrected chi connectivity index (χ1v) is 8.48. The maximum atomic E-state index is 5.70. The molecule has 2 aromatic rings. The van der Waals surface area contributed by atoms with E-state index in [9.17, 15) is 0 Å². The van der Waals surface area contributed by atoms with Crippen molar-refractivity contribution in [3.8, 4) is 0 Å². The van der Waals surface area contributed by atoms with Gasteiger partial charge in [-0.25, -0.2) is 0 Å². The summed E-state index contributed by atoms with van der Waals surface area (Å²) in [5, 5.41) is 0. The molecule has 0 amide bonds. The summed E-state index contributed by atoms with van der Waals surface area (Å²) in [5.74, 6) is 0. The molecule has 0 aliphatic carbocycles. The number of hydrogen-bond donors (Lipinski definition) is 0. The fourth-order valence-electron chi connectivity index (χ4n) is 2.04. The largest absolute Gasteiger partial charge is 0.460 e. The molecular weight excluding hydrogens is 254 g/mol. The van der Waals surface area contributed by atoms with Crippen molar-refractivity contribution in [3.05, 3.63) is 60.7 Å². The Morgan fingerprint density at radius 3 is 1.42 bits per heavy atom. The van der Waals surface area contributed by atoms with E-state index in [1.807, 2.05) is 42.9 Å². The molecule has 19 heavy (non-hydrogen) atoms. The van der Waals surface area contributed by atoms with Gasteiger partial charge in [0.2, 0.25) is 0 Å². The van der Waals surface area contributed by atoms with Crippen LogP contribution in [0.3, 0.4) is 0 Å². The molecule has 4 heteroatoms. The summed E-state index contributed by atoms with van der Waals surface area (Å²) in [6, 6.07) is 20.4. The van der Waals surface area contributed by atoms with Gasteiger partial charge < -0.3 is 13.4 Å². The van der Waals surface area contributed by atoms with Gasteiger partial charge in [-0.15, -0.1) is 0 Å². The number of anilines is 2. The monoisotopic (exact) mass is 273 g/mol. The van der Waals surface area contributed by atoms with E-state index in [2.05, 4.69) is 28.8 Å². The average molecular weight is 273 g/mol. The molecule has 0 N–H and O–H groups in total. The Kier molecular flexibility index (Phi) is 4.37. The zero-order chi connectivity index (χ0) is 13.7. The molecule has 0 spiro atoms. The van der Waals surface area contributed by atoms with Crippen LogP contribution in [-0.2, 0) is 8.85 Å². The lowest BCUT2D eigenvalue weighted by Crippen LogP contribution is -2.53. The minimum absolute atomic E-state index is 1.08. The van der Waals surface area contributed by atoms with E-state index in [4.69, 9.17) is 8.85 Å². The van der Waals surface area contributed by atoms with Gasteiger partial charge in [0.15, 0.2) is 0 Å². The van der Waals surface area contributed by atoms with Crippen molar-refractivity contribution < 1.29 is 8.85 Å². The van der Waals surface area contributed by atoms with E-state index < -0.39 is 8.72 Å². The standard InChI is InChI=1S/C15H19NO2Si/c1-17-19(3,18-2)16(14-10-6-4-7-11-14)15-12-8-5-9-13-15/h4-13H,1-3H3. The molecule has 100 valence electrons. The summed E-state index contributed by atoms with van der Waals surface area (Å²) in [5.41, 5.74) is 2.15. The highest BCUT2D eigenvalue weighted by atomic mass is 28.4. The minimum Gasteiger partial charge on any atom is -0.382 e. The van der Waals surface area contributed by atoms with Crippen molar-refractivity contribution >= 4 is 20.1 Å². The van der Waals surface area contributed by atoms with Gasteiger partial charge in [-0.1, -0.05) is 36.4 Å². The summed E-state index contributed by atoms with van der Waals surface area (Å²) >= 11 is 0. The van der Waals surface area contributed by atoms with Gasteiger partial charge in [0.25, 0.3) is 0 Å². The normalized spacial score (nSPS) is 11.3. The second-order valence-electron chi connectivity index (χ2n) is 4.31. The Morgan fingerprint density at radius 1 is 0.737 bits per heavy atom. The summed E-state index contributed by atoms with van der Waals surface area (Å²) in [6.45, 7) is 2.03. The molecule has 3 nitrogen and oxygen atoms in total. The van der Waals surface area contributed by atoms with Crippen LogP contribution in [0.5, 0.6) is 0 Å². The van der Waals surface area contributed by atoms with Crippen LogP contribution in [0.15, 0.2) is 60.7 Å². The van der Waals surface area contributed by atoms with E-state index in [1.165, 1.54) is 0 Å². The van der Waals surface area contributed by atoms with E-state index in [-0.39, 0.29) is 0 Å². The molecule has 0 atom stereocenters. The number of para-hydroxylation sites is 2. The minimum atomic E-state index is -2.48. The molecule has 0 unspecified atom stereocenters. The van der Waals surface area contributed by atoms with Gasteiger partial charge in [-0.2, -0.15) is 0 Å². The zero-order valence-electron chi connectivity index (χ0n) is 11.5. The van der Waals surface area contributed by atoms with Crippen molar-refractivity contribution in [1.82, 2.24) is 0 Å². The Bertz CT molecular complexity index is 461. The molecule has 0 radical (unpaired) electrons. The molecule has 0 saturated carbocycles. The van der Waals surface area contributed by atoms with Gasteiger partial charge in [-0.05, 0) is 24.3 Å². The van der Waals surface area contributed by atoms with Gasteiger partial charge in [0, 0.05) is 32.1 Å². The maximum Gasteiger partial charge on any atom is 0.460 e. The predicted octanol–water partition coefficient (Wildman–Crippen LogP) is 3.69. The summed E-state index contributed by atoms with van der Waals surface area (Å²) in [7, 11) is 0.931. The van der Waals surface area contributed by atoms with Crippen LogP contribution in [0.25, 0.3) is 0 Å². The van der Waals surface area contributed by atoms with E-state index in [0.29, 0.717) is 0 Å². The maximum absolute atomic E-state index is 5.70. The number of hydrogen-bond acceptors (Lipinski definition) is 3. The third-order valence-electron chi connectivity index (χ3n) is 3.19. The second kappa shape index (κ2) is 6.01. The third kappa shape index (κ3) is 2.86. The molecule has 2 rings (SSSR count). The Balaban J connectivity index is 2.52. The lowest BCUT2D eigenvalue weighted by Gasteiger charge is -2.37. The summed E-state index contributed by atoms with van der Waals surface area (Å²) in [6.07, 6.45) is 0. The number of benzene rings is 2. The topological polar surface area (TPSA) is 21.7 Å². The first-order chi connectivity index (χ1) is 9.21. The van der Waals surface area contributed by atoms with E-state index in [0.717, 1.165) is 11.4 Å². The molecular formula is C15H19NO2Si. The van der Waals surface area contributed by atoms with Crippen LogP contribution >= 0.6 is 0 Å². The highest BCUT2D eigenvalue weighted by molar-refractivity contribution is 6.71. The van der Waals surface area contributed by atoms with Crippen molar-refractivity contribution in [2.45, 2.75) is 6.55 Å². The van der Waals surface area contributed by atoms with E-state index >= 15 is 0 Å². The van der Waals surface area contributed by atoms with Crippen molar-refractivity contribution in [2.75, 3.05) is 18.8 Å². The third-order valence-corrected chi connectivity index (χ3v) is 6.04. The van der Waals surface area contributed by atoms with Gasteiger partial charge in [0.1, 0.15) is 0 Å². The van der Waals surface area contributed by atoms with Crippen LogP contribution in [0, 0.1) is 0 Å². The highest BCUT2D eigenvalue weighted by Gasteiger charge is 2.39. The Labute approximate surface area is 115 Å². The lowest BCUT2D eigenvalue weighted by molar-refractivity contribution is 0.251. The van der Waals surface area contributed by atoms with Crippen molar-refractivity contribution in [3.63, 3.8) is 0 Å². The molecule has 0 aliphatic rings. The second-order valence-corrected chi connectivity index (χ2v) is 7.37. The molecule has 0 bridgehead atoms. The lowest BCUT2D eigenvalue weighted by atomic mass is 10.3. The van der Waals surface area contributed by atoms with Crippen LogP contribution in [-0.4, -0.2) is 22.9 Å². The van der Waals surface area contributed by atoms with Crippen LogP contribution < -0.4 is 4.57 Å². The quantitative estimate of drug-likeness (QED) is 0.776. The van der Waals surface area contributed by atoms with Crippen molar-refractivity contribution in [2.24, 2.45) is 0 Å². The summed E-state index contributed by atoms with van der Waals surface area (Å²) < 4.78 is 13.6. The fraction of sp³-hybridized carbons (Fsp3) is 0.200. The Morgan fingerprint density at radius 2 is 1.11 bits per heavy atom.